The lowest BCUT2D eigenvalue weighted by Crippen LogP contribution is -2.12. The van der Waals surface area contributed by atoms with Gasteiger partial charge in [-0.15, -0.1) is 0 Å². The van der Waals surface area contributed by atoms with E-state index in [4.69, 9.17) is 4.74 Å². The highest BCUT2D eigenvalue weighted by atomic mass is 16.6. The summed E-state index contributed by atoms with van der Waals surface area (Å²) in [4.78, 5) is 23.4. The number of esters is 1. The maximum atomic E-state index is 12.4. The first-order chi connectivity index (χ1) is 12.3. The molecule has 0 aliphatic heterocycles. The van der Waals surface area contributed by atoms with Gasteiger partial charge in [-0.25, -0.2) is 4.79 Å². The molecule has 0 heterocycles. The minimum Gasteiger partial charge on any atom is -0.482 e. The van der Waals surface area contributed by atoms with Crippen molar-refractivity contribution < 1.29 is 19.1 Å². The molecule has 138 valence electrons. The standard InChI is InChI=1S/C22H26O4/c1-22(2,3)18-10-8-17(9-11-18)20(23)14-7-16-5-12-19(13-6-16)26-15-21(24)25-4/h5-6,8-13H,7,14-15H2,1-4H3. The van der Waals surface area contributed by atoms with E-state index in [1.165, 1.54) is 12.7 Å². The topological polar surface area (TPSA) is 52.6 Å². The number of hydrogen-bond donors (Lipinski definition) is 0. The Morgan fingerprint density at radius 1 is 0.923 bits per heavy atom. The first kappa shape index (κ1) is 19.7. The minimum absolute atomic E-state index is 0.0826. The van der Waals surface area contributed by atoms with Gasteiger partial charge < -0.3 is 9.47 Å². The third-order valence-electron chi connectivity index (χ3n) is 4.22. The van der Waals surface area contributed by atoms with Crippen LogP contribution in [0.25, 0.3) is 0 Å². The molecule has 0 aromatic heterocycles. The van der Waals surface area contributed by atoms with Crippen molar-refractivity contribution in [2.75, 3.05) is 13.7 Å². The van der Waals surface area contributed by atoms with Crippen molar-refractivity contribution in [1.82, 2.24) is 0 Å². The quantitative estimate of drug-likeness (QED) is 0.548. The van der Waals surface area contributed by atoms with Gasteiger partial charge in [-0.1, -0.05) is 57.2 Å². The predicted molar refractivity (Wildman–Crippen MR) is 102 cm³/mol. The predicted octanol–water partition coefficient (Wildman–Crippen LogP) is 4.35. The van der Waals surface area contributed by atoms with Crippen LogP contribution in [0, 0.1) is 0 Å². The van der Waals surface area contributed by atoms with Gasteiger partial charge in [0.15, 0.2) is 12.4 Å². The highest BCUT2D eigenvalue weighted by molar-refractivity contribution is 5.96. The Bertz CT molecular complexity index is 737. The van der Waals surface area contributed by atoms with Crippen LogP contribution < -0.4 is 4.74 Å². The molecule has 2 aromatic carbocycles. The molecule has 0 aliphatic carbocycles. The molecule has 0 atom stereocenters. The van der Waals surface area contributed by atoms with Gasteiger partial charge in [-0.05, 0) is 35.1 Å². The Morgan fingerprint density at radius 3 is 2.08 bits per heavy atom. The molecule has 0 spiro atoms. The number of benzene rings is 2. The third kappa shape index (κ3) is 5.73. The van der Waals surface area contributed by atoms with E-state index < -0.39 is 5.97 Å². The maximum Gasteiger partial charge on any atom is 0.343 e. The Labute approximate surface area is 155 Å². The van der Waals surface area contributed by atoms with Crippen LogP contribution in [0.15, 0.2) is 48.5 Å². The summed E-state index contributed by atoms with van der Waals surface area (Å²) in [5.74, 6) is 0.317. The largest absolute Gasteiger partial charge is 0.482 e. The summed E-state index contributed by atoms with van der Waals surface area (Å²) in [6.45, 7) is 6.35. The molecule has 0 saturated carbocycles. The lowest BCUT2D eigenvalue weighted by atomic mass is 9.86. The number of rotatable bonds is 7. The fourth-order valence-electron chi connectivity index (χ4n) is 2.51. The number of hydrogen-bond acceptors (Lipinski definition) is 4. The van der Waals surface area contributed by atoms with E-state index in [-0.39, 0.29) is 17.8 Å². The van der Waals surface area contributed by atoms with Crippen molar-refractivity contribution in [3.63, 3.8) is 0 Å². The monoisotopic (exact) mass is 354 g/mol. The van der Waals surface area contributed by atoms with Crippen molar-refractivity contribution in [2.45, 2.75) is 39.0 Å². The van der Waals surface area contributed by atoms with E-state index in [2.05, 4.69) is 25.5 Å². The Kier molecular flexibility index (Phi) is 6.56. The second-order valence-corrected chi connectivity index (χ2v) is 7.26. The lowest BCUT2D eigenvalue weighted by molar-refractivity contribution is -0.142. The molecule has 0 aliphatic rings. The second-order valence-electron chi connectivity index (χ2n) is 7.26. The summed E-state index contributed by atoms with van der Waals surface area (Å²) in [5.41, 5.74) is 3.10. The second kappa shape index (κ2) is 8.65. The molecule has 0 radical (unpaired) electrons. The first-order valence-electron chi connectivity index (χ1n) is 8.72. The van der Waals surface area contributed by atoms with Crippen molar-refractivity contribution >= 4 is 11.8 Å². The van der Waals surface area contributed by atoms with Crippen molar-refractivity contribution in [3.8, 4) is 5.75 Å². The van der Waals surface area contributed by atoms with E-state index in [9.17, 15) is 9.59 Å². The molecular weight excluding hydrogens is 328 g/mol. The smallest absolute Gasteiger partial charge is 0.343 e. The van der Waals surface area contributed by atoms with Crippen LogP contribution in [0.3, 0.4) is 0 Å². The first-order valence-corrected chi connectivity index (χ1v) is 8.72. The molecule has 0 amide bonds. The van der Waals surface area contributed by atoms with E-state index in [0.717, 1.165) is 11.1 Å². The number of ether oxygens (including phenoxy) is 2. The highest BCUT2D eigenvalue weighted by Crippen LogP contribution is 2.22. The van der Waals surface area contributed by atoms with E-state index in [0.29, 0.717) is 18.6 Å². The Hall–Kier alpha value is -2.62. The number of Topliss-reactive ketones (excluding diaryl/α,β-unsaturated/α-hetero) is 1. The summed E-state index contributed by atoms with van der Waals surface area (Å²) in [7, 11) is 1.32. The number of methoxy groups -OCH3 is 1. The van der Waals surface area contributed by atoms with Crippen LogP contribution in [-0.2, 0) is 21.4 Å². The van der Waals surface area contributed by atoms with Gasteiger partial charge >= 0.3 is 5.97 Å². The van der Waals surface area contributed by atoms with Crippen LogP contribution in [0.1, 0.15) is 48.7 Å². The molecule has 0 unspecified atom stereocenters. The Balaban J connectivity index is 1.88. The van der Waals surface area contributed by atoms with Crippen LogP contribution in [0.4, 0.5) is 0 Å². The van der Waals surface area contributed by atoms with Crippen LogP contribution >= 0.6 is 0 Å². The molecule has 4 nitrogen and oxygen atoms in total. The minimum atomic E-state index is -0.419. The van der Waals surface area contributed by atoms with Crippen LogP contribution in [0.2, 0.25) is 0 Å². The van der Waals surface area contributed by atoms with E-state index >= 15 is 0 Å². The summed E-state index contributed by atoms with van der Waals surface area (Å²) >= 11 is 0. The molecule has 0 bridgehead atoms. The molecule has 2 rings (SSSR count). The molecular formula is C22H26O4. The fourth-order valence-corrected chi connectivity index (χ4v) is 2.51. The summed E-state index contributed by atoms with van der Waals surface area (Å²) in [6.07, 6.45) is 1.12. The number of carbonyl (C=O) groups is 2. The van der Waals surface area contributed by atoms with Gasteiger partial charge in [-0.3, -0.25) is 4.79 Å². The molecule has 0 fully saturated rings. The summed E-state index contributed by atoms with van der Waals surface area (Å²) in [6, 6.07) is 15.3. The van der Waals surface area contributed by atoms with Crippen LogP contribution in [0.5, 0.6) is 5.75 Å². The van der Waals surface area contributed by atoms with Crippen LogP contribution in [-0.4, -0.2) is 25.5 Å². The SMILES string of the molecule is COC(=O)COc1ccc(CCC(=O)c2ccc(C(C)(C)C)cc2)cc1. The zero-order chi connectivity index (χ0) is 19.2. The molecule has 0 N–H and O–H groups in total. The number of ketones is 1. The average Bonchev–Trinajstić information content (AvgIpc) is 2.64. The van der Waals surface area contributed by atoms with Gasteiger partial charge in [-0.2, -0.15) is 0 Å². The number of aryl methyl sites for hydroxylation is 1. The van der Waals surface area contributed by atoms with E-state index in [1.807, 2.05) is 36.4 Å². The van der Waals surface area contributed by atoms with Gasteiger partial charge in [0.1, 0.15) is 5.75 Å². The van der Waals surface area contributed by atoms with E-state index in [1.54, 1.807) is 12.1 Å². The lowest BCUT2D eigenvalue weighted by Gasteiger charge is -2.19. The van der Waals surface area contributed by atoms with Crippen molar-refractivity contribution in [3.05, 3.63) is 65.2 Å². The van der Waals surface area contributed by atoms with Gasteiger partial charge in [0.25, 0.3) is 0 Å². The maximum absolute atomic E-state index is 12.4. The van der Waals surface area contributed by atoms with Crippen molar-refractivity contribution in [2.24, 2.45) is 0 Å². The number of carbonyl (C=O) groups excluding carboxylic acids is 2. The zero-order valence-electron chi connectivity index (χ0n) is 15.9. The average molecular weight is 354 g/mol. The van der Waals surface area contributed by atoms with Crippen molar-refractivity contribution in [1.29, 1.82) is 0 Å². The zero-order valence-corrected chi connectivity index (χ0v) is 15.9. The fraction of sp³-hybridized carbons (Fsp3) is 0.364. The molecule has 0 saturated heterocycles. The molecule has 2 aromatic rings. The normalized spacial score (nSPS) is 11.1. The summed E-state index contributed by atoms with van der Waals surface area (Å²) in [5, 5.41) is 0. The Morgan fingerprint density at radius 2 is 1.54 bits per heavy atom. The van der Waals surface area contributed by atoms with Gasteiger partial charge in [0, 0.05) is 12.0 Å². The van der Waals surface area contributed by atoms with Gasteiger partial charge in [0.2, 0.25) is 0 Å². The summed E-state index contributed by atoms with van der Waals surface area (Å²) < 4.78 is 9.83. The highest BCUT2D eigenvalue weighted by Gasteiger charge is 2.14. The molecule has 4 heteroatoms. The van der Waals surface area contributed by atoms with Gasteiger partial charge in [0.05, 0.1) is 7.11 Å². The third-order valence-corrected chi connectivity index (χ3v) is 4.22. The molecule has 26 heavy (non-hydrogen) atoms.